The van der Waals surface area contributed by atoms with Crippen LogP contribution in [0.1, 0.15) is 19.8 Å². The lowest BCUT2D eigenvalue weighted by Crippen LogP contribution is -2.39. The molecule has 0 amide bonds. The highest BCUT2D eigenvalue weighted by atomic mass is 32.2. The molecule has 2 unspecified atom stereocenters. The number of aromatic nitrogens is 4. The Labute approximate surface area is 133 Å². The van der Waals surface area contributed by atoms with E-state index in [9.17, 15) is 4.55 Å². The maximum absolute atomic E-state index is 9.49. The van der Waals surface area contributed by atoms with Crippen LogP contribution in [0.3, 0.4) is 0 Å². The second kappa shape index (κ2) is 6.50. The fourth-order valence-corrected chi connectivity index (χ4v) is 3.78. The van der Waals surface area contributed by atoms with Crippen LogP contribution < -0.4 is 4.90 Å². The van der Waals surface area contributed by atoms with Gasteiger partial charge < -0.3 is 14.4 Å². The number of rotatable bonds is 4. The highest BCUT2D eigenvalue weighted by Crippen LogP contribution is 2.34. The van der Waals surface area contributed by atoms with Gasteiger partial charge in [-0.1, -0.05) is 0 Å². The van der Waals surface area contributed by atoms with E-state index in [1.54, 1.807) is 6.33 Å². The molecule has 1 aliphatic heterocycles. The summed E-state index contributed by atoms with van der Waals surface area (Å²) in [4.78, 5) is 18.0. The molecule has 1 aliphatic rings. The molecular formula is C14H18N6OS. The zero-order chi connectivity index (χ0) is 15.5. The summed E-state index contributed by atoms with van der Waals surface area (Å²) in [5, 5.41) is 9.06. The van der Waals surface area contributed by atoms with E-state index in [1.165, 1.54) is 6.33 Å². The number of anilines is 1. The Balaban J connectivity index is 1.72. The highest BCUT2D eigenvalue weighted by molar-refractivity contribution is 7.94. The first-order valence-corrected chi connectivity index (χ1v) is 8.17. The minimum Gasteiger partial charge on any atom is -0.355 e. The molecule has 0 saturated carbocycles. The Morgan fingerprint density at radius 1 is 1.41 bits per heavy atom. The summed E-state index contributed by atoms with van der Waals surface area (Å²) >= 11 is 0.827. The number of H-pyrrole nitrogens is 1. The SMILES string of the molecule is CC(C#N)C(SO)C1CCN(c2ncnc3nc[nH]c23)CC1. The van der Waals surface area contributed by atoms with E-state index in [4.69, 9.17) is 5.26 Å². The lowest BCUT2D eigenvalue weighted by atomic mass is 9.87. The van der Waals surface area contributed by atoms with E-state index in [2.05, 4.69) is 30.9 Å². The molecule has 0 bridgehead atoms. The lowest BCUT2D eigenvalue weighted by Gasteiger charge is -2.36. The molecule has 0 aromatic carbocycles. The van der Waals surface area contributed by atoms with Crippen molar-refractivity contribution in [2.75, 3.05) is 18.0 Å². The summed E-state index contributed by atoms with van der Waals surface area (Å²) in [5.41, 5.74) is 1.54. The van der Waals surface area contributed by atoms with Gasteiger partial charge in [0, 0.05) is 18.3 Å². The van der Waals surface area contributed by atoms with E-state index < -0.39 is 0 Å². The Kier molecular flexibility index (Phi) is 4.45. The molecule has 22 heavy (non-hydrogen) atoms. The second-order valence-corrected chi connectivity index (χ2v) is 6.37. The topological polar surface area (TPSA) is 102 Å². The van der Waals surface area contributed by atoms with Crippen molar-refractivity contribution in [2.24, 2.45) is 11.8 Å². The van der Waals surface area contributed by atoms with Gasteiger partial charge in [0.05, 0.1) is 18.3 Å². The number of hydrogen-bond acceptors (Lipinski definition) is 7. The number of nitriles is 1. The molecular weight excluding hydrogens is 300 g/mol. The molecule has 116 valence electrons. The van der Waals surface area contributed by atoms with Crippen LogP contribution in [0.5, 0.6) is 0 Å². The summed E-state index contributed by atoms with van der Waals surface area (Å²) in [6.45, 7) is 3.58. The van der Waals surface area contributed by atoms with Gasteiger partial charge in [0.1, 0.15) is 11.8 Å². The monoisotopic (exact) mass is 318 g/mol. The third-order valence-electron chi connectivity index (χ3n) is 4.32. The summed E-state index contributed by atoms with van der Waals surface area (Å²) in [5.74, 6) is 1.08. The number of nitrogens with one attached hydrogen (secondary N) is 1. The summed E-state index contributed by atoms with van der Waals surface area (Å²) < 4.78 is 9.49. The summed E-state index contributed by atoms with van der Waals surface area (Å²) in [6, 6.07) is 2.25. The molecule has 0 spiro atoms. The number of nitrogens with zero attached hydrogens (tertiary/aromatic N) is 5. The standard InChI is InChI=1S/C14H18N6OS/c1-9(6-15)12(22-21)10-2-4-20(5-3-10)14-11-13(17-7-16-11)18-8-19-14/h7-10,12,21H,2-5H2,1H3,(H,16,17,18,19). The molecule has 2 atom stereocenters. The van der Waals surface area contributed by atoms with E-state index >= 15 is 0 Å². The first-order valence-electron chi connectivity index (χ1n) is 7.33. The van der Waals surface area contributed by atoms with E-state index in [-0.39, 0.29) is 11.2 Å². The highest BCUT2D eigenvalue weighted by Gasteiger charge is 2.31. The summed E-state index contributed by atoms with van der Waals surface area (Å²) in [6.07, 6.45) is 5.03. The first-order chi connectivity index (χ1) is 10.7. The van der Waals surface area contributed by atoms with Crippen molar-refractivity contribution in [2.45, 2.75) is 25.0 Å². The molecule has 7 nitrogen and oxygen atoms in total. The van der Waals surface area contributed by atoms with Gasteiger partial charge in [-0.3, -0.25) is 0 Å². The number of piperidine rings is 1. The van der Waals surface area contributed by atoms with E-state index in [0.29, 0.717) is 11.6 Å². The van der Waals surface area contributed by atoms with Crippen LogP contribution in [-0.2, 0) is 0 Å². The number of hydrogen-bond donors (Lipinski definition) is 2. The maximum Gasteiger partial charge on any atom is 0.182 e. The van der Waals surface area contributed by atoms with Crippen LogP contribution in [0.2, 0.25) is 0 Å². The molecule has 2 N–H and O–H groups in total. The molecule has 0 radical (unpaired) electrons. The minimum atomic E-state index is -0.148. The van der Waals surface area contributed by atoms with Crippen molar-refractivity contribution < 1.29 is 4.55 Å². The zero-order valence-electron chi connectivity index (χ0n) is 12.3. The van der Waals surface area contributed by atoms with Crippen molar-refractivity contribution in [3.8, 4) is 6.07 Å². The van der Waals surface area contributed by atoms with Gasteiger partial charge in [-0.25, -0.2) is 15.0 Å². The van der Waals surface area contributed by atoms with Crippen LogP contribution in [0.25, 0.3) is 11.2 Å². The first kappa shape index (κ1) is 15.1. The number of imidazole rings is 1. The third-order valence-corrected chi connectivity index (χ3v) is 5.36. The van der Waals surface area contributed by atoms with Gasteiger partial charge >= 0.3 is 0 Å². The predicted octanol–water partition coefficient (Wildman–Crippen LogP) is 2.30. The van der Waals surface area contributed by atoms with Crippen molar-refractivity contribution in [3.05, 3.63) is 12.7 Å². The molecule has 3 rings (SSSR count). The normalized spacial score (nSPS) is 19.0. The summed E-state index contributed by atoms with van der Waals surface area (Å²) in [7, 11) is 0. The molecule has 3 heterocycles. The van der Waals surface area contributed by atoms with Gasteiger partial charge in [-0.15, -0.1) is 0 Å². The van der Waals surface area contributed by atoms with Gasteiger partial charge in [-0.2, -0.15) is 5.26 Å². The van der Waals surface area contributed by atoms with E-state index in [0.717, 1.165) is 49.3 Å². The average Bonchev–Trinajstić information content (AvgIpc) is 3.04. The molecule has 2 aromatic heterocycles. The van der Waals surface area contributed by atoms with E-state index in [1.807, 2.05) is 6.92 Å². The van der Waals surface area contributed by atoms with Crippen LogP contribution in [0, 0.1) is 23.2 Å². The third kappa shape index (κ3) is 2.74. The quantitative estimate of drug-likeness (QED) is 0.834. The Morgan fingerprint density at radius 2 is 2.18 bits per heavy atom. The Bertz CT molecular complexity index is 675. The molecule has 2 aromatic rings. The molecule has 1 saturated heterocycles. The molecule has 8 heteroatoms. The van der Waals surface area contributed by atoms with Crippen LogP contribution in [-0.4, -0.2) is 42.8 Å². The second-order valence-electron chi connectivity index (χ2n) is 5.61. The molecule has 0 aliphatic carbocycles. The van der Waals surface area contributed by atoms with Crippen molar-refractivity contribution in [3.63, 3.8) is 0 Å². The Hall–Kier alpha value is -1.85. The van der Waals surface area contributed by atoms with Gasteiger partial charge in [0.2, 0.25) is 0 Å². The average molecular weight is 318 g/mol. The van der Waals surface area contributed by atoms with Crippen molar-refractivity contribution >= 4 is 29.0 Å². The zero-order valence-corrected chi connectivity index (χ0v) is 13.1. The van der Waals surface area contributed by atoms with Gasteiger partial charge in [0.25, 0.3) is 0 Å². The lowest BCUT2D eigenvalue weighted by molar-refractivity contribution is 0.358. The Morgan fingerprint density at radius 3 is 2.86 bits per heavy atom. The maximum atomic E-state index is 9.49. The van der Waals surface area contributed by atoms with Crippen molar-refractivity contribution in [1.29, 1.82) is 5.26 Å². The van der Waals surface area contributed by atoms with Crippen molar-refractivity contribution in [1.82, 2.24) is 19.9 Å². The van der Waals surface area contributed by atoms with Crippen LogP contribution >= 0.6 is 12.0 Å². The fraction of sp³-hybridized carbons (Fsp3) is 0.571. The predicted molar refractivity (Wildman–Crippen MR) is 85.4 cm³/mol. The van der Waals surface area contributed by atoms with Crippen LogP contribution in [0.15, 0.2) is 12.7 Å². The fourth-order valence-electron chi connectivity index (χ4n) is 3.09. The van der Waals surface area contributed by atoms with Gasteiger partial charge in [0.15, 0.2) is 11.5 Å². The number of fused-ring (bicyclic) bond motifs is 1. The largest absolute Gasteiger partial charge is 0.355 e. The minimum absolute atomic E-state index is 0.0234. The van der Waals surface area contributed by atoms with Crippen LogP contribution in [0.4, 0.5) is 5.82 Å². The number of aromatic amines is 1. The smallest absolute Gasteiger partial charge is 0.182 e. The molecule has 1 fully saturated rings. The van der Waals surface area contributed by atoms with Gasteiger partial charge in [-0.05, 0) is 37.7 Å².